The molecule has 1 aromatic heterocycles. The molecule has 0 aliphatic rings. The molecule has 0 fully saturated rings. The number of rotatable bonds is 4. The van der Waals surface area contributed by atoms with Gasteiger partial charge in [-0.1, -0.05) is 17.7 Å². The van der Waals surface area contributed by atoms with E-state index in [1.54, 1.807) is 0 Å². The Morgan fingerprint density at radius 3 is 2.29 bits per heavy atom. The van der Waals surface area contributed by atoms with Crippen molar-refractivity contribution < 1.29 is 30.0 Å². The zero-order chi connectivity index (χ0) is 13.2. The number of pyridine rings is 1. The van der Waals surface area contributed by atoms with Crippen LogP contribution in [0.3, 0.4) is 0 Å². The number of aliphatic hydroxyl groups is 2. The van der Waals surface area contributed by atoms with Crippen molar-refractivity contribution in [3.05, 3.63) is 28.5 Å². The number of carboxylic acid groups (broad SMARTS) is 2. The summed E-state index contributed by atoms with van der Waals surface area (Å²) in [5.41, 5.74) is -0.929. The van der Waals surface area contributed by atoms with Gasteiger partial charge in [0.15, 0.2) is 11.8 Å². The van der Waals surface area contributed by atoms with E-state index in [9.17, 15) is 14.7 Å². The second-order valence-electron chi connectivity index (χ2n) is 3.10. The van der Waals surface area contributed by atoms with Gasteiger partial charge >= 0.3 is 11.9 Å². The molecule has 8 heteroatoms. The van der Waals surface area contributed by atoms with Gasteiger partial charge in [-0.05, 0) is 6.07 Å². The number of aliphatic hydroxyl groups excluding tert-OH is 2. The Morgan fingerprint density at radius 1 is 1.24 bits per heavy atom. The van der Waals surface area contributed by atoms with Crippen LogP contribution in [-0.4, -0.2) is 43.5 Å². The Kier molecular flexibility index (Phi) is 4.00. The molecule has 1 rings (SSSR count). The highest BCUT2D eigenvalue weighted by Crippen LogP contribution is 2.22. The van der Waals surface area contributed by atoms with E-state index in [1.807, 2.05) is 0 Å². The topological polar surface area (TPSA) is 128 Å². The molecule has 2 atom stereocenters. The predicted octanol–water partition coefficient (Wildman–Crippen LogP) is -0.0879. The van der Waals surface area contributed by atoms with E-state index in [1.165, 1.54) is 6.07 Å². The van der Waals surface area contributed by atoms with Gasteiger partial charge < -0.3 is 20.4 Å². The van der Waals surface area contributed by atoms with Gasteiger partial charge in [-0.15, -0.1) is 0 Å². The van der Waals surface area contributed by atoms with Gasteiger partial charge in [-0.3, -0.25) is 0 Å². The van der Waals surface area contributed by atoms with Crippen molar-refractivity contribution in [1.29, 1.82) is 0 Å². The summed E-state index contributed by atoms with van der Waals surface area (Å²) in [6, 6.07) is 2.27. The average molecular weight is 262 g/mol. The van der Waals surface area contributed by atoms with Crippen LogP contribution in [0.25, 0.3) is 0 Å². The maximum Gasteiger partial charge on any atom is 0.354 e. The van der Waals surface area contributed by atoms with Crippen molar-refractivity contribution in [2.75, 3.05) is 0 Å². The Hall–Kier alpha value is -1.70. The van der Waals surface area contributed by atoms with E-state index in [4.69, 9.17) is 26.9 Å². The lowest BCUT2D eigenvalue weighted by Crippen LogP contribution is -2.29. The smallest absolute Gasteiger partial charge is 0.354 e. The highest BCUT2D eigenvalue weighted by atomic mass is 35.5. The lowest BCUT2D eigenvalue weighted by molar-refractivity contribution is -0.153. The van der Waals surface area contributed by atoms with E-state index in [0.29, 0.717) is 0 Å². The molecule has 0 saturated heterocycles. The Morgan fingerprint density at radius 2 is 1.82 bits per heavy atom. The van der Waals surface area contributed by atoms with Gasteiger partial charge in [-0.25, -0.2) is 14.6 Å². The lowest BCUT2D eigenvalue weighted by atomic mass is 10.0. The SMILES string of the molecule is O=C(O)c1nc(Cl)ccc1C(O)C(O)C(=O)O. The maximum atomic E-state index is 10.8. The number of carboxylic acids is 2. The molecule has 0 aliphatic heterocycles. The third kappa shape index (κ3) is 2.90. The normalized spacial score (nSPS) is 14.1. The molecular formula is C9H8ClNO6. The van der Waals surface area contributed by atoms with Gasteiger partial charge in [-0.2, -0.15) is 0 Å². The number of carbonyl (C=O) groups is 2. The van der Waals surface area contributed by atoms with Crippen molar-refractivity contribution in [2.24, 2.45) is 0 Å². The zero-order valence-corrected chi connectivity index (χ0v) is 9.00. The van der Waals surface area contributed by atoms with Crippen LogP contribution in [0, 0.1) is 0 Å². The summed E-state index contributed by atoms with van der Waals surface area (Å²) in [6.45, 7) is 0. The highest BCUT2D eigenvalue weighted by Gasteiger charge is 2.29. The van der Waals surface area contributed by atoms with Crippen molar-refractivity contribution in [3.63, 3.8) is 0 Å². The Labute approximate surface area is 99.9 Å². The first-order valence-electron chi connectivity index (χ1n) is 4.33. The van der Waals surface area contributed by atoms with Crippen LogP contribution in [-0.2, 0) is 4.79 Å². The van der Waals surface area contributed by atoms with Crippen LogP contribution in [0.1, 0.15) is 22.2 Å². The fourth-order valence-electron chi connectivity index (χ4n) is 1.16. The minimum atomic E-state index is -2.14. The third-order valence-corrected chi connectivity index (χ3v) is 2.18. The van der Waals surface area contributed by atoms with Gasteiger partial charge in [0.2, 0.25) is 0 Å². The van der Waals surface area contributed by atoms with Crippen LogP contribution < -0.4 is 0 Å². The van der Waals surface area contributed by atoms with Crippen LogP contribution in [0.2, 0.25) is 5.15 Å². The molecule has 2 unspecified atom stereocenters. The zero-order valence-electron chi connectivity index (χ0n) is 8.24. The van der Waals surface area contributed by atoms with Gasteiger partial charge in [0, 0.05) is 5.56 Å². The molecule has 0 bridgehead atoms. The van der Waals surface area contributed by atoms with E-state index in [2.05, 4.69) is 4.98 Å². The molecule has 0 saturated carbocycles. The first-order chi connectivity index (χ1) is 7.84. The van der Waals surface area contributed by atoms with Gasteiger partial charge in [0.05, 0.1) is 0 Å². The summed E-state index contributed by atoms with van der Waals surface area (Å²) in [5.74, 6) is -3.16. The fraction of sp³-hybridized carbons (Fsp3) is 0.222. The predicted molar refractivity (Wildman–Crippen MR) is 54.8 cm³/mol. The molecule has 0 spiro atoms. The molecule has 4 N–H and O–H groups in total. The number of aromatic carboxylic acids is 1. The molecule has 0 aliphatic carbocycles. The van der Waals surface area contributed by atoms with Crippen LogP contribution >= 0.6 is 11.6 Å². The molecule has 1 aromatic rings. The Bertz CT molecular complexity index is 463. The summed E-state index contributed by atoms with van der Waals surface area (Å²) in [5, 5.41) is 35.8. The summed E-state index contributed by atoms with van der Waals surface area (Å²) >= 11 is 5.47. The maximum absolute atomic E-state index is 10.8. The summed E-state index contributed by atoms with van der Waals surface area (Å²) in [6.07, 6.45) is -4.04. The van der Waals surface area contributed by atoms with Crippen LogP contribution in [0.5, 0.6) is 0 Å². The van der Waals surface area contributed by atoms with Gasteiger partial charge in [0.25, 0.3) is 0 Å². The molecular weight excluding hydrogens is 254 g/mol. The molecule has 0 radical (unpaired) electrons. The molecule has 92 valence electrons. The van der Waals surface area contributed by atoms with E-state index >= 15 is 0 Å². The number of nitrogens with zero attached hydrogens (tertiary/aromatic N) is 1. The van der Waals surface area contributed by atoms with Crippen molar-refractivity contribution in [3.8, 4) is 0 Å². The quantitative estimate of drug-likeness (QED) is 0.558. The second-order valence-corrected chi connectivity index (χ2v) is 3.49. The lowest BCUT2D eigenvalue weighted by Gasteiger charge is -2.15. The number of aliphatic carboxylic acids is 1. The minimum Gasteiger partial charge on any atom is -0.479 e. The van der Waals surface area contributed by atoms with Crippen LogP contribution in [0.4, 0.5) is 0 Å². The summed E-state index contributed by atoms with van der Waals surface area (Å²) in [4.78, 5) is 24.7. The van der Waals surface area contributed by atoms with E-state index < -0.39 is 29.8 Å². The van der Waals surface area contributed by atoms with Crippen molar-refractivity contribution in [2.45, 2.75) is 12.2 Å². The second kappa shape index (κ2) is 5.09. The van der Waals surface area contributed by atoms with Gasteiger partial charge in [0.1, 0.15) is 11.3 Å². The Balaban J connectivity index is 3.21. The number of halogens is 1. The monoisotopic (exact) mass is 261 g/mol. The number of hydrogen-bond acceptors (Lipinski definition) is 5. The fourth-order valence-corrected chi connectivity index (χ4v) is 1.31. The molecule has 0 amide bonds. The first-order valence-corrected chi connectivity index (χ1v) is 4.71. The van der Waals surface area contributed by atoms with E-state index in [0.717, 1.165) is 6.07 Å². The van der Waals surface area contributed by atoms with Crippen molar-refractivity contribution in [1.82, 2.24) is 4.98 Å². The largest absolute Gasteiger partial charge is 0.479 e. The summed E-state index contributed by atoms with van der Waals surface area (Å²) in [7, 11) is 0. The number of aromatic nitrogens is 1. The number of hydrogen-bond donors (Lipinski definition) is 4. The highest BCUT2D eigenvalue weighted by molar-refractivity contribution is 6.29. The van der Waals surface area contributed by atoms with Crippen molar-refractivity contribution >= 4 is 23.5 Å². The van der Waals surface area contributed by atoms with E-state index in [-0.39, 0.29) is 10.7 Å². The molecule has 17 heavy (non-hydrogen) atoms. The first kappa shape index (κ1) is 13.4. The molecule has 7 nitrogen and oxygen atoms in total. The standard InChI is InChI=1S/C9H8ClNO6/c10-4-2-1-3(5(11-4)8(14)15)6(12)7(13)9(16)17/h1-2,6-7,12-13H,(H,14,15)(H,16,17). The summed E-state index contributed by atoms with van der Waals surface area (Å²) < 4.78 is 0. The minimum absolute atomic E-state index is 0.122. The third-order valence-electron chi connectivity index (χ3n) is 1.97. The molecule has 0 aromatic carbocycles. The average Bonchev–Trinajstić information content (AvgIpc) is 2.26. The van der Waals surface area contributed by atoms with Crippen LogP contribution in [0.15, 0.2) is 12.1 Å². The molecule has 1 heterocycles.